The third kappa shape index (κ3) is 8.79. The van der Waals surface area contributed by atoms with Gasteiger partial charge < -0.3 is 25.8 Å². The van der Waals surface area contributed by atoms with Gasteiger partial charge in [0.05, 0.1) is 15.3 Å². The summed E-state index contributed by atoms with van der Waals surface area (Å²) in [4.78, 5) is 38.4. The SMILES string of the molecule is [2H]C([2H])(OC(=O)N[C@@H](CC(C)C)C(=O)N[C@@H](C[C@@H]1CCNC1=O)C(O)S(=O)(=O)O)C12CCC(CCCCC)(CC1)CC2. The first-order valence-corrected chi connectivity index (χ1v) is 16.3. The van der Waals surface area contributed by atoms with E-state index in [-0.39, 0.29) is 30.1 Å². The molecule has 1 aliphatic heterocycles. The lowest BCUT2D eigenvalue weighted by molar-refractivity contribution is -0.126. The van der Waals surface area contributed by atoms with Crippen molar-refractivity contribution < 1.29 is 39.9 Å². The van der Waals surface area contributed by atoms with E-state index in [9.17, 15) is 32.5 Å². The minimum Gasteiger partial charge on any atom is -0.449 e. The molecule has 4 atom stereocenters. The normalized spacial score (nSPS) is 29.6. The molecule has 40 heavy (non-hydrogen) atoms. The maximum absolute atomic E-state index is 13.3. The maximum Gasteiger partial charge on any atom is 0.407 e. The third-order valence-electron chi connectivity index (χ3n) is 9.07. The van der Waals surface area contributed by atoms with Gasteiger partial charge in [0, 0.05) is 17.9 Å². The molecular formula is C28H49N3O8S. The lowest BCUT2D eigenvalue weighted by Gasteiger charge is -2.53. The number of unbranched alkanes of at least 4 members (excludes halogenated alkanes) is 2. The zero-order valence-electron chi connectivity index (χ0n) is 26.0. The van der Waals surface area contributed by atoms with E-state index in [0.717, 1.165) is 32.1 Å². The summed E-state index contributed by atoms with van der Waals surface area (Å²) < 4.78 is 55.8. The van der Waals surface area contributed by atoms with Crippen molar-refractivity contribution in [1.82, 2.24) is 16.0 Å². The van der Waals surface area contributed by atoms with Crippen LogP contribution in [0.3, 0.4) is 0 Å². The minimum absolute atomic E-state index is 0.105. The predicted octanol–water partition coefficient (Wildman–Crippen LogP) is 3.27. The number of hydrogen-bond acceptors (Lipinski definition) is 7. The van der Waals surface area contributed by atoms with Crippen LogP contribution >= 0.6 is 0 Å². The van der Waals surface area contributed by atoms with Crippen molar-refractivity contribution >= 4 is 28.0 Å². The van der Waals surface area contributed by atoms with Crippen molar-refractivity contribution in [2.75, 3.05) is 13.1 Å². The van der Waals surface area contributed by atoms with Gasteiger partial charge in [-0.25, -0.2) is 4.79 Å². The summed E-state index contributed by atoms with van der Waals surface area (Å²) in [5.41, 5.74) is -2.93. The molecule has 2 bridgehead atoms. The van der Waals surface area contributed by atoms with E-state index in [1.807, 2.05) is 0 Å². The Morgan fingerprint density at radius 2 is 1.75 bits per heavy atom. The average Bonchev–Trinajstić information content (AvgIpc) is 3.31. The summed E-state index contributed by atoms with van der Waals surface area (Å²) in [5, 5.41) is 17.7. The molecule has 0 spiro atoms. The van der Waals surface area contributed by atoms with E-state index >= 15 is 0 Å². The molecule has 230 valence electrons. The van der Waals surface area contributed by atoms with Crippen LogP contribution in [-0.2, 0) is 24.4 Å². The molecule has 0 aromatic rings. The van der Waals surface area contributed by atoms with Crippen LogP contribution in [-0.4, -0.2) is 66.6 Å². The molecule has 1 saturated heterocycles. The summed E-state index contributed by atoms with van der Waals surface area (Å²) in [6.07, 6.45) is 8.34. The molecule has 0 aromatic heterocycles. The fourth-order valence-electron chi connectivity index (χ4n) is 6.48. The predicted molar refractivity (Wildman–Crippen MR) is 150 cm³/mol. The number of aliphatic hydroxyl groups excluding tert-OH is 1. The number of nitrogens with one attached hydrogen (secondary N) is 3. The van der Waals surface area contributed by atoms with E-state index < -0.39 is 57.5 Å². The number of rotatable bonds is 15. The van der Waals surface area contributed by atoms with E-state index in [0.29, 0.717) is 32.2 Å². The Bertz CT molecular complexity index is 1060. The van der Waals surface area contributed by atoms with Crippen molar-refractivity contribution in [2.24, 2.45) is 22.7 Å². The van der Waals surface area contributed by atoms with Crippen LogP contribution in [0.5, 0.6) is 0 Å². The van der Waals surface area contributed by atoms with Gasteiger partial charge in [0.1, 0.15) is 6.04 Å². The fraction of sp³-hybridized carbons (Fsp3) is 0.893. The van der Waals surface area contributed by atoms with Crippen LogP contribution < -0.4 is 16.0 Å². The third-order valence-corrected chi connectivity index (χ3v) is 10.0. The molecule has 11 nitrogen and oxygen atoms in total. The Morgan fingerprint density at radius 1 is 1.12 bits per heavy atom. The van der Waals surface area contributed by atoms with Crippen LogP contribution in [0.15, 0.2) is 0 Å². The molecule has 0 aromatic carbocycles. The molecule has 3 saturated carbocycles. The van der Waals surface area contributed by atoms with Gasteiger partial charge >= 0.3 is 6.09 Å². The second kappa shape index (κ2) is 13.8. The molecule has 5 N–H and O–H groups in total. The van der Waals surface area contributed by atoms with Crippen LogP contribution in [0, 0.1) is 22.7 Å². The lowest BCUT2D eigenvalue weighted by atomic mass is 9.53. The van der Waals surface area contributed by atoms with E-state index in [2.05, 4.69) is 22.9 Å². The zero-order valence-corrected chi connectivity index (χ0v) is 24.9. The number of aliphatic hydroxyl groups is 1. The number of carbonyl (C=O) groups is 3. The number of amides is 3. The number of fused-ring (bicyclic) bond motifs is 3. The van der Waals surface area contributed by atoms with Crippen LogP contribution in [0.4, 0.5) is 4.79 Å². The standard InChI is InChI=1S/C28H49N3O8S/c1-4-5-6-8-27-9-12-28(13-10-27,14-11-27)18-39-26(35)31-21(16-19(2)3)24(33)30-22(25(34)40(36,37)38)17-20-7-15-29-23(20)32/h19-22,25,34H,4-18H2,1-3H3,(H,29,32)(H,30,33)(H,31,35)(H,36,37,38)/t20-,21-,22-,25?,27?,28?/m0/s1/i18D2. The highest BCUT2D eigenvalue weighted by atomic mass is 32.2. The molecule has 1 unspecified atom stereocenters. The molecule has 3 aliphatic carbocycles. The zero-order chi connectivity index (χ0) is 31.3. The van der Waals surface area contributed by atoms with Crippen molar-refractivity contribution in [2.45, 2.75) is 122 Å². The first-order chi connectivity index (χ1) is 19.5. The van der Waals surface area contributed by atoms with Crippen molar-refractivity contribution in [1.29, 1.82) is 0 Å². The molecule has 4 fully saturated rings. The molecule has 4 rings (SSSR count). The van der Waals surface area contributed by atoms with E-state index in [1.165, 1.54) is 12.8 Å². The second-order valence-corrected chi connectivity index (χ2v) is 14.1. The monoisotopic (exact) mass is 589 g/mol. The fourth-order valence-corrected chi connectivity index (χ4v) is 7.08. The Morgan fingerprint density at radius 3 is 2.27 bits per heavy atom. The number of carbonyl (C=O) groups excluding carboxylic acids is 3. The van der Waals surface area contributed by atoms with Crippen LogP contribution in [0.1, 0.15) is 107 Å². The molecule has 12 heteroatoms. The van der Waals surface area contributed by atoms with Gasteiger partial charge in [-0.2, -0.15) is 8.42 Å². The first-order valence-electron chi connectivity index (χ1n) is 15.7. The van der Waals surface area contributed by atoms with Gasteiger partial charge in [-0.15, -0.1) is 0 Å². The molecule has 4 aliphatic rings. The highest BCUT2D eigenvalue weighted by Gasteiger charge is 2.48. The highest BCUT2D eigenvalue weighted by molar-refractivity contribution is 7.86. The maximum atomic E-state index is 13.3. The Hall–Kier alpha value is -1.92. The van der Waals surface area contributed by atoms with Crippen molar-refractivity contribution in [3.8, 4) is 0 Å². The van der Waals surface area contributed by atoms with Gasteiger partial charge in [0.25, 0.3) is 10.1 Å². The van der Waals surface area contributed by atoms with Crippen molar-refractivity contribution in [3.05, 3.63) is 0 Å². The second-order valence-electron chi connectivity index (χ2n) is 12.6. The average molecular weight is 590 g/mol. The summed E-state index contributed by atoms with van der Waals surface area (Å²) in [6, 6.07) is -2.77. The Balaban J connectivity index is 1.67. The van der Waals surface area contributed by atoms with Crippen LogP contribution in [0.25, 0.3) is 0 Å². The summed E-state index contributed by atoms with van der Waals surface area (Å²) in [7, 11) is -4.98. The van der Waals surface area contributed by atoms with Gasteiger partial charge in [-0.05, 0) is 75.5 Å². The first kappa shape index (κ1) is 29.6. The summed E-state index contributed by atoms with van der Waals surface area (Å²) in [5.74, 6) is -2.00. The smallest absolute Gasteiger partial charge is 0.407 e. The molecule has 0 radical (unpaired) electrons. The number of ether oxygens (including phenoxy) is 1. The van der Waals surface area contributed by atoms with Gasteiger partial charge in [-0.1, -0.05) is 40.0 Å². The minimum atomic E-state index is -4.98. The largest absolute Gasteiger partial charge is 0.449 e. The molecular weight excluding hydrogens is 538 g/mol. The Kier molecular flexibility index (Phi) is 10.2. The quantitative estimate of drug-likeness (QED) is 0.143. The van der Waals surface area contributed by atoms with E-state index in [4.69, 9.17) is 7.48 Å². The van der Waals surface area contributed by atoms with Gasteiger partial charge in [0.15, 0.2) is 0 Å². The number of alkyl carbamates (subject to hydrolysis) is 1. The van der Waals surface area contributed by atoms with Crippen molar-refractivity contribution in [3.63, 3.8) is 0 Å². The summed E-state index contributed by atoms with van der Waals surface area (Å²) >= 11 is 0. The Labute approximate surface area is 241 Å². The van der Waals surface area contributed by atoms with E-state index in [1.54, 1.807) is 13.8 Å². The highest BCUT2D eigenvalue weighted by Crippen LogP contribution is 2.58. The lowest BCUT2D eigenvalue weighted by Crippen LogP contribution is -2.55. The van der Waals surface area contributed by atoms with Gasteiger partial charge in [-0.3, -0.25) is 14.1 Å². The number of hydrogen-bond donors (Lipinski definition) is 5. The summed E-state index contributed by atoms with van der Waals surface area (Å²) in [6.45, 7) is 3.88. The molecule has 1 heterocycles. The van der Waals surface area contributed by atoms with Gasteiger partial charge in [0.2, 0.25) is 17.3 Å². The van der Waals surface area contributed by atoms with Crippen LogP contribution in [0.2, 0.25) is 0 Å². The molecule has 3 amide bonds. The topological polar surface area (TPSA) is 171 Å².